The highest BCUT2D eigenvalue weighted by molar-refractivity contribution is 7.80. The van der Waals surface area contributed by atoms with Crippen LogP contribution in [0.25, 0.3) is 17.4 Å². The number of anilines is 2. The van der Waals surface area contributed by atoms with E-state index in [1.54, 1.807) is 60.7 Å². The van der Waals surface area contributed by atoms with E-state index in [1.807, 2.05) is 31.2 Å². The molecule has 0 spiro atoms. The van der Waals surface area contributed by atoms with Gasteiger partial charge in [-0.2, -0.15) is 0 Å². The molecule has 4 rings (SSSR count). The van der Waals surface area contributed by atoms with Gasteiger partial charge in [-0.05, 0) is 85.4 Å². The predicted molar refractivity (Wildman–Crippen MR) is 153 cm³/mol. The number of aryl methyl sites for hydroxylation is 1. The van der Waals surface area contributed by atoms with Gasteiger partial charge in [0.05, 0.1) is 0 Å². The zero-order valence-corrected chi connectivity index (χ0v) is 21.9. The highest BCUT2D eigenvalue weighted by Gasteiger charge is 2.09. The van der Waals surface area contributed by atoms with Gasteiger partial charge in [0, 0.05) is 38.6 Å². The first-order valence-corrected chi connectivity index (χ1v) is 12.3. The van der Waals surface area contributed by atoms with Gasteiger partial charge in [-0.3, -0.25) is 14.9 Å². The number of hydrogen-bond donors (Lipinski definition) is 3. The number of furan rings is 1. The Kier molecular flexibility index (Phi) is 8.40. The Labute approximate surface area is 229 Å². The van der Waals surface area contributed by atoms with E-state index in [4.69, 9.17) is 39.8 Å². The van der Waals surface area contributed by atoms with Gasteiger partial charge in [0.25, 0.3) is 5.91 Å². The maximum atomic E-state index is 12.5. The van der Waals surface area contributed by atoms with Crippen molar-refractivity contribution in [2.75, 3.05) is 10.6 Å². The molecule has 0 aliphatic carbocycles. The summed E-state index contributed by atoms with van der Waals surface area (Å²) in [6.45, 7) is 1.93. The lowest BCUT2D eigenvalue weighted by Crippen LogP contribution is -2.32. The minimum atomic E-state index is -0.431. The van der Waals surface area contributed by atoms with Gasteiger partial charge in [0.2, 0.25) is 5.91 Å². The Morgan fingerprint density at radius 1 is 0.892 bits per heavy atom. The molecular weight excluding hydrogens is 529 g/mol. The Hall–Kier alpha value is -3.91. The Morgan fingerprint density at radius 3 is 2.41 bits per heavy atom. The average molecular weight is 550 g/mol. The fourth-order valence-corrected chi connectivity index (χ4v) is 3.91. The van der Waals surface area contributed by atoms with Gasteiger partial charge in [0.15, 0.2) is 5.11 Å². The molecule has 6 nitrogen and oxygen atoms in total. The topological polar surface area (TPSA) is 83.4 Å². The smallest absolute Gasteiger partial charge is 0.255 e. The fourth-order valence-electron chi connectivity index (χ4n) is 3.33. The lowest BCUT2D eigenvalue weighted by molar-refractivity contribution is -0.115. The molecule has 0 saturated carbocycles. The van der Waals surface area contributed by atoms with Gasteiger partial charge in [-0.1, -0.05) is 47.5 Å². The van der Waals surface area contributed by atoms with Crippen molar-refractivity contribution in [1.82, 2.24) is 5.32 Å². The molecule has 1 aromatic heterocycles. The van der Waals surface area contributed by atoms with E-state index in [0.29, 0.717) is 38.5 Å². The number of carbonyl (C=O) groups is 2. The highest BCUT2D eigenvalue weighted by atomic mass is 35.5. The van der Waals surface area contributed by atoms with Crippen molar-refractivity contribution >= 4 is 69.8 Å². The molecule has 1 heterocycles. The van der Waals surface area contributed by atoms with E-state index >= 15 is 0 Å². The van der Waals surface area contributed by atoms with Crippen LogP contribution in [0.5, 0.6) is 0 Å². The summed E-state index contributed by atoms with van der Waals surface area (Å²) in [7, 11) is 0. The Morgan fingerprint density at radius 2 is 1.65 bits per heavy atom. The summed E-state index contributed by atoms with van der Waals surface area (Å²) in [5.41, 5.74) is 3.40. The van der Waals surface area contributed by atoms with Crippen LogP contribution >= 0.6 is 35.4 Å². The van der Waals surface area contributed by atoms with Crippen LogP contribution in [0.15, 0.2) is 89.4 Å². The van der Waals surface area contributed by atoms with E-state index in [2.05, 4.69) is 16.0 Å². The first kappa shape index (κ1) is 26.2. The average Bonchev–Trinajstić information content (AvgIpc) is 3.34. The van der Waals surface area contributed by atoms with Crippen molar-refractivity contribution in [3.05, 3.63) is 112 Å². The normalized spacial score (nSPS) is 10.8. The van der Waals surface area contributed by atoms with E-state index in [-0.39, 0.29) is 11.0 Å². The van der Waals surface area contributed by atoms with Gasteiger partial charge in [-0.15, -0.1) is 0 Å². The summed E-state index contributed by atoms with van der Waals surface area (Å²) < 4.78 is 5.78. The van der Waals surface area contributed by atoms with Gasteiger partial charge >= 0.3 is 0 Å². The molecule has 2 amide bonds. The predicted octanol–water partition coefficient (Wildman–Crippen LogP) is 7.34. The Bertz CT molecular complexity index is 1510. The molecule has 3 N–H and O–H groups in total. The fraction of sp³-hybridized carbons (Fsp3) is 0.0357. The molecule has 0 saturated heterocycles. The summed E-state index contributed by atoms with van der Waals surface area (Å²) in [4.78, 5) is 24.8. The first-order chi connectivity index (χ1) is 17.8. The highest BCUT2D eigenvalue weighted by Crippen LogP contribution is 2.27. The summed E-state index contributed by atoms with van der Waals surface area (Å²) in [6, 6.07) is 22.8. The molecule has 0 bridgehead atoms. The SMILES string of the molecule is Cc1ccc(-c2ccc(/C=C/C(=O)NC(=S)Nc3cccc(NC(=O)c4cccc(Cl)c4)c3)o2)cc1Cl. The van der Waals surface area contributed by atoms with Crippen LogP contribution in [0.4, 0.5) is 11.4 Å². The second kappa shape index (κ2) is 11.9. The minimum absolute atomic E-state index is 0.0994. The molecule has 0 aliphatic rings. The van der Waals surface area contributed by atoms with E-state index in [9.17, 15) is 9.59 Å². The number of halogens is 2. The van der Waals surface area contributed by atoms with Crippen molar-refractivity contribution < 1.29 is 14.0 Å². The van der Waals surface area contributed by atoms with Crippen molar-refractivity contribution in [2.45, 2.75) is 6.92 Å². The number of hydrogen-bond acceptors (Lipinski definition) is 4. The van der Waals surface area contributed by atoms with Crippen LogP contribution in [-0.4, -0.2) is 16.9 Å². The van der Waals surface area contributed by atoms with E-state index in [0.717, 1.165) is 11.1 Å². The largest absolute Gasteiger partial charge is 0.457 e. The monoisotopic (exact) mass is 549 g/mol. The number of nitrogens with one attached hydrogen (secondary N) is 3. The zero-order valence-electron chi connectivity index (χ0n) is 19.5. The van der Waals surface area contributed by atoms with Crippen LogP contribution in [0.1, 0.15) is 21.7 Å². The number of carbonyl (C=O) groups excluding carboxylic acids is 2. The van der Waals surface area contributed by atoms with Gasteiger partial charge < -0.3 is 15.1 Å². The minimum Gasteiger partial charge on any atom is -0.457 e. The quantitative estimate of drug-likeness (QED) is 0.173. The summed E-state index contributed by atoms with van der Waals surface area (Å²) in [6.07, 6.45) is 2.86. The van der Waals surface area contributed by atoms with Crippen molar-refractivity contribution in [3.63, 3.8) is 0 Å². The molecule has 4 aromatic rings. The van der Waals surface area contributed by atoms with Crippen LogP contribution in [-0.2, 0) is 4.79 Å². The van der Waals surface area contributed by atoms with Gasteiger partial charge in [0.1, 0.15) is 11.5 Å². The summed E-state index contributed by atoms with van der Waals surface area (Å²) in [5.74, 6) is 0.414. The molecule has 9 heteroatoms. The second-order valence-corrected chi connectivity index (χ2v) is 9.24. The van der Waals surface area contributed by atoms with Crippen molar-refractivity contribution in [3.8, 4) is 11.3 Å². The van der Waals surface area contributed by atoms with Crippen LogP contribution in [0.3, 0.4) is 0 Å². The van der Waals surface area contributed by atoms with Crippen LogP contribution in [0.2, 0.25) is 10.0 Å². The molecule has 0 atom stereocenters. The third kappa shape index (κ3) is 7.30. The molecule has 3 aromatic carbocycles. The summed E-state index contributed by atoms with van der Waals surface area (Å²) in [5, 5.41) is 9.53. The number of thiocarbonyl (C=S) groups is 1. The van der Waals surface area contributed by atoms with E-state index < -0.39 is 5.91 Å². The molecule has 186 valence electrons. The third-order valence-electron chi connectivity index (χ3n) is 5.18. The maximum Gasteiger partial charge on any atom is 0.255 e. The molecule has 37 heavy (non-hydrogen) atoms. The molecule has 0 fully saturated rings. The van der Waals surface area contributed by atoms with E-state index in [1.165, 1.54) is 6.08 Å². The molecular formula is C28H21Cl2N3O3S. The van der Waals surface area contributed by atoms with Gasteiger partial charge in [-0.25, -0.2) is 0 Å². The molecule has 0 aliphatic heterocycles. The zero-order chi connectivity index (χ0) is 26.4. The number of rotatable bonds is 6. The molecule has 0 unspecified atom stereocenters. The lowest BCUT2D eigenvalue weighted by Gasteiger charge is -2.11. The molecule has 0 radical (unpaired) electrons. The maximum absolute atomic E-state index is 12.5. The standard InChI is InChI=1S/C28H21Cl2N3O3S/c1-17-8-9-18(15-24(17)30)25-12-10-23(36-25)11-13-26(34)33-28(37)32-22-7-3-6-21(16-22)31-27(35)19-4-2-5-20(29)14-19/h2-16H,1H3,(H,31,35)(H2,32,33,34,37)/b13-11+. The number of benzene rings is 3. The van der Waals surface area contributed by atoms with Crippen molar-refractivity contribution in [1.29, 1.82) is 0 Å². The summed E-state index contributed by atoms with van der Waals surface area (Å²) >= 11 is 17.4. The lowest BCUT2D eigenvalue weighted by atomic mass is 10.1. The number of amides is 2. The third-order valence-corrected chi connectivity index (χ3v) is 6.03. The van der Waals surface area contributed by atoms with Crippen molar-refractivity contribution in [2.24, 2.45) is 0 Å². The van der Waals surface area contributed by atoms with Crippen LogP contribution in [0, 0.1) is 6.92 Å². The first-order valence-electron chi connectivity index (χ1n) is 11.1. The second-order valence-electron chi connectivity index (χ2n) is 7.99. The Balaban J connectivity index is 1.31. The van der Waals surface area contributed by atoms with Crippen LogP contribution < -0.4 is 16.0 Å².